The number of hydrogen-bond acceptors (Lipinski definition) is 1. The summed E-state index contributed by atoms with van der Waals surface area (Å²) in [6.45, 7) is 0. The molecule has 0 nitrogen and oxygen atoms in total. The average Bonchev–Trinajstić information content (AvgIpc) is 2.74. The van der Waals surface area contributed by atoms with Crippen molar-refractivity contribution in [3.8, 4) is 0 Å². The van der Waals surface area contributed by atoms with Crippen LogP contribution in [0.1, 0.15) is 34.6 Å². The van der Waals surface area contributed by atoms with Gasteiger partial charge in [-0.25, -0.2) is 0 Å². The molecule has 0 fully saturated rings. The first-order valence-electron chi connectivity index (χ1n) is 9.12. The largest absolute Gasteiger partial charge is 0.416 e. The molecule has 1 unspecified atom stereocenters. The number of allylic oxidation sites excluding steroid dienone is 1. The number of benzene rings is 3. The number of rotatable bonds is 3. The van der Waals surface area contributed by atoms with Gasteiger partial charge in [-0.3, -0.25) is 0 Å². The minimum Gasteiger partial charge on any atom is -0.166 e. The third-order valence-electron chi connectivity index (χ3n) is 5.21. The zero-order valence-electron chi connectivity index (χ0n) is 15.1. The normalized spacial score (nSPS) is 18.8. The van der Waals surface area contributed by atoms with Crippen LogP contribution >= 0.6 is 11.8 Å². The summed E-state index contributed by atoms with van der Waals surface area (Å²) in [7, 11) is 0. The Morgan fingerprint density at radius 1 is 0.786 bits per heavy atom. The quantitative estimate of drug-likeness (QED) is 0.445. The van der Waals surface area contributed by atoms with Crippen molar-refractivity contribution in [2.24, 2.45) is 0 Å². The van der Waals surface area contributed by atoms with Crippen LogP contribution in [0.3, 0.4) is 0 Å². The Balaban J connectivity index is 1.78. The lowest BCUT2D eigenvalue weighted by molar-refractivity contribution is -0.137. The molecule has 1 aliphatic heterocycles. The lowest BCUT2D eigenvalue weighted by Gasteiger charge is -2.39. The molecule has 0 radical (unpaired) electrons. The molecule has 0 N–H and O–H groups in total. The van der Waals surface area contributed by atoms with Gasteiger partial charge < -0.3 is 0 Å². The van der Waals surface area contributed by atoms with E-state index in [0.717, 1.165) is 17.2 Å². The van der Waals surface area contributed by atoms with Gasteiger partial charge in [0.2, 0.25) is 0 Å². The van der Waals surface area contributed by atoms with Crippen LogP contribution in [-0.4, -0.2) is 0 Å². The molecule has 0 aliphatic carbocycles. The van der Waals surface area contributed by atoms with E-state index in [1.807, 2.05) is 47.9 Å². The molecule has 28 heavy (non-hydrogen) atoms. The highest BCUT2D eigenvalue weighted by molar-refractivity contribution is 8.03. The van der Waals surface area contributed by atoms with Crippen molar-refractivity contribution in [1.29, 1.82) is 0 Å². The molecule has 1 atom stereocenters. The zero-order valence-corrected chi connectivity index (χ0v) is 15.9. The molecule has 0 aromatic heterocycles. The fourth-order valence-corrected chi connectivity index (χ4v) is 5.12. The first kappa shape index (κ1) is 18.9. The van der Waals surface area contributed by atoms with E-state index in [0.29, 0.717) is 12.0 Å². The Hall–Kier alpha value is -2.46. The van der Waals surface area contributed by atoms with Gasteiger partial charge in [0.05, 0.1) is 10.3 Å². The topological polar surface area (TPSA) is 0 Å². The van der Waals surface area contributed by atoms with Gasteiger partial charge in [0.25, 0.3) is 0 Å². The molecule has 0 bridgehead atoms. The van der Waals surface area contributed by atoms with Crippen LogP contribution < -0.4 is 0 Å². The van der Waals surface area contributed by atoms with Crippen LogP contribution in [0.25, 0.3) is 0 Å². The minimum absolute atomic E-state index is 0.0936. The highest BCUT2D eigenvalue weighted by Crippen LogP contribution is 2.53. The standard InChI is InChI=1S/C24H19F3S/c25-24(26,27)22-13-7-8-18(16-22)19-14-15-28-23(17-19,20-9-3-1-4-10-20)21-11-5-2-6-12-21/h1-16,19H,17H2. The van der Waals surface area contributed by atoms with E-state index in [1.54, 1.807) is 17.8 Å². The average molecular weight is 396 g/mol. The molecule has 1 heterocycles. The summed E-state index contributed by atoms with van der Waals surface area (Å²) in [5.41, 5.74) is 2.42. The Morgan fingerprint density at radius 3 is 1.96 bits per heavy atom. The van der Waals surface area contributed by atoms with E-state index in [-0.39, 0.29) is 10.7 Å². The van der Waals surface area contributed by atoms with Crippen LogP contribution in [0.2, 0.25) is 0 Å². The number of alkyl halides is 3. The van der Waals surface area contributed by atoms with Crippen LogP contribution in [-0.2, 0) is 10.9 Å². The van der Waals surface area contributed by atoms with Crippen molar-refractivity contribution >= 4 is 11.8 Å². The minimum atomic E-state index is -4.33. The third-order valence-corrected chi connectivity index (χ3v) is 6.54. The van der Waals surface area contributed by atoms with Crippen molar-refractivity contribution in [2.45, 2.75) is 23.3 Å². The summed E-state index contributed by atoms with van der Waals surface area (Å²) in [5.74, 6) is -0.0936. The van der Waals surface area contributed by atoms with Crippen molar-refractivity contribution in [3.63, 3.8) is 0 Å². The van der Waals surface area contributed by atoms with E-state index in [9.17, 15) is 13.2 Å². The summed E-state index contributed by atoms with van der Waals surface area (Å²) >= 11 is 1.72. The molecular formula is C24H19F3S. The van der Waals surface area contributed by atoms with Crippen molar-refractivity contribution < 1.29 is 13.2 Å². The maximum Gasteiger partial charge on any atom is 0.416 e. The van der Waals surface area contributed by atoms with E-state index >= 15 is 0 Å². The van der Waals surface area contributed by atoms with Crippen LogP contribution in [0.4, 0.5) is 13.2 Å². The Kier molecular flexibility index (Phi) is 5.07. The van der Waals surface area contributed by atoms with Gasteiger partial charge in [-0.1, -0.05) is 84.9 Å². The second kappa shape index (κ2) is 7.51. The Morgan fingerprint density at radius 2 is 1.39 bits per heavy atom. The van der Waals surface area contributed by atoms with Gasteiger partial charge >= 0.3 is 6.18 Å². The molecule has 0 amide bonds. The molecule has 1 aliphatic rings. The Labute approximate surface area is 167 Å². The first-order chi connectivity index (χ1) is 13.5. The fraction of sp³-hybridized carbons (Fsp3) is 0.167. The highest BCUT2D eigenvalue weighted by atomic mass is 32.2. The predicted molar refractivity (Wildman–Crippen MR) is 109 cm³/mol. The summed E-state index contributed by atoms with van der Waals surface area (Å²) in [6.07, 6.45) is -1.62. The van der Waals surface area contributed by atoms with Crippen LogP contribution in [0.15, 0.2) is 96.4 Å². The van der Waals surface area contributed by atoms with Gasteiger partial charge in [0.15, 0.2) is 0 Å². The van der Waals surface area contributed by atoms with Gasteiger partial charge in [0, 0.05) is 5.92 Å². The maximum atomic E-state index is 13.2. The molecule has 4 heteroatoms. The molecule has 0 spiro atoms. The number of thioether (sulfide) groups is 1. The predicted octanol–water partition coefficient (Wildman–Crippen LogP) is 7.38. The van der Waals surface area contributed by atoms with Gasteiger partial charge in [-0.15, -0.1) is 11.8 Å². The monoisotopic (exact) mass is 396 g/mol. The van der Waals surface area contributed by atoms with Gasteiger partial charge in [-0.2, -0.15) is 13.2 Å². The molecule has 142 valence electrons. The summed E-state index contributed by atoms with van der Waals surface area (Å²) in [6, 6.07) is 26.1. The van der Waals surface area contributed by atoms with Gasteiger partial charge in [0.1, 0.15) is 0 Å². The molecule has 3 aromatic carbocycles. The van der Waals surface area contributed by atoms with Crippen molar-refractivity contribution in [3.05, 3.63) is 119 Å². The van der Waals surface area contributed by atoms with Crippen molar-refractivity contribution in [1.82, 2.24) is 0 Å². The highest BCUT2D eigenvalue weighted by Gasteiger charge is 2.39. The van der Waals surface area contributed by atoms with Gasteiger partial charge in [-0.05, 0) is 34.6 Å². The smallest absolute Gasteiger partial charge is 0.166 e. The fourth-order valence-electron chi connectivity index (χ4n) is 3.80. The lowest BCUT2D eigenvalue weighted by atomic mass is 9.79. The number of halogens is 3. The first-order valence-corrected chi connectivity index (χ1v) is 10.00. The van der Waals surface area contributed by atoms with Crippen LogP contribution in [0.5, 0.6) is 0 Å². The molecule has 0 saturated carbocycles. The van der Waals surface area contributed by atoms with Crippen molar-refractivity contribution in [2.75, 3.05) is 0 Å². The molecule has 4 rings (SSSR count). The molecule has 0 saturated heterocycles. The zero-order chi connectivity index (χ0) is 19.6. The molecule has 3 aromatic rings. The van der Waals surface area contributed by atoms with E-state index in [1.165, 1.54) is 12.1 Å². The van der Waals surface area contributed by atoms with Crippen LogP contribution in [0, 0.1) is 0 Å². The summed E-state index contributed by atoms with van der Waals surface area (Å²) in [5, 5.41) is 2.04. The summed E-state index contributed by atoms with van der Waals surface area (Å²) < 4.78 is 39.2. The Bertz CT molecular complexity index is 922. The van der Waals surface area contributed by atoms with E-state index < -0.39 is 11.7 Å². The maximum absolute atomic E-state index is 13.2. The number of hydrogen-bond donors (Lipinski definition) is 0. The van der Waals surface area contributed by atoms with E-state index in [2.05, 4.69) is 24.3 Å². The third kappa shape index (κ3) is 3.61. The SMILES string of the molecule is FC(F)(F)c1cccc(C2C=CSC(c3ccccc3)(c3ccccc3)C2)c1. The lowest BCUT2D eigenvalue weighted by Crippen LogP contribution is -2.27. The second-order valence-corrected chi connectivity index (χ2v) is 8.14. The van der Waals surface area contributed by atoms with E-state index in [4.69, 9.17) is 0 Å². The second-order valence-electron chi connectivity index (χ2n) is 6.94. The summed E-state index contributed by atoms with van der Waals surface area (Å²) in [4.78, 5) is 0. The molecular weight excluding hydrogens is 377 g/mol.